The van der Waals surface area contributed by atoms with Crippen molar-refractivity contribution in [3.05, 3.63) is 0 Å². The molecule has 0 saturated carbocycles. The second-order valence-corrected chi connectivity index (χ2v) is 5.59. The highest BCUT2D eigenvalue weighted by Crippen LogP contribution is 2.34. The van der Waals surface area contributed by atoms with Crippen molar-refractivity contribution in [1.82, 2.24) is 5.32 Å². The van der Waals surface area contributed by atoms with E-state index in [0.29, 0.717) is 0 Å². The van der Waals surface area contributed by atoms with Crippen molar-refractivity contribution in [1.29, 1.82) is 0 Å². The van der Waals surface area contributed by atoms with Gasteiger partial charge >= 0.3 is 0 Å². The summed E-state index contributed by atoms with van der Waals surface area (Å²) in [7, 11) is 0. The Morgan fingerprint density at radius 3 is 2.31 bits per heavy atom. The van der Waals surface area contributed by atoms with E-state index < -0.39 is 16.7 Å². The van der Waals surface area contributed by atoms with Gasteiger partial charge in [-0.05, 0) is 20.3 Å². The van der Waals surface area contributed by atoms with Crippen LogP contribution >= 0.6 is 11.2 Å². The highest BCUT2D eigenvalue weighted by Gasteiger charge is 2.26. The van der Waals surface area contributed by atoms with Gasteiger partial charge in [0.2, 0.25) is 17.1 Å². The third-order valence-electron chi connectivity index (χ3n) is 2.10. The van der Waals surface area contributed by atoms with E-state index in [0.717, 1.165) is 6.42 Å². The normalized spacial score (nSPS) is 15.7. The van der Waals surface area contributed by atoms with Crippen molar-refractivity contribution < 1.29 is 22.6 Å². The molecular formula is C9H21NO5S. The third kappa shape index (κ3) is 7.02. The van der Waals surface area contributed by atoms with Crippen LogP contribution in [0.1, 0.15) is 34.1 Å². The van der Waals surface area contributed by atoms with Gasteiger partial charge in [0.15, 0.2) is 0 Å². The summed E-state index contributed by atoms with van der Waals surface area (Å²) in [5, 5.41) is 2.70. The van der Waals surface area contributed by atoms with Crippen LogP contribution in [0.5, 0.6) is 0 Å². The summed E-state index contributed by atoms with van der Waals surface area (Å²) < 4.78 is 30.3. The minimum absolute atomic E-state index is 0.117. The molecule has 16 heavy (non-hydrogen) atoms. The predicted molar refractivity (Wildman–Crippen MR) is 63.1 cm³/mol. The second-order valence-electron chi connectivity index (χ2n) is 4.41. The molecule has 0 spiro atoms. The third-order valence-corrected chi connectivity index (χ3v) is 2.53. The van der Waals surface area contributed by atoms with Crippen LogP contribution in [0.25, 0.3) is 0 Å². The standard InChI is InChI=1S/C9H21NO5S/c1-5-7(2)8(11)10-9(3,4)6-15-16(12,13)14/h7,12-14H,5-6H2,1-4H3,(H,10,11). The Balaban J connectivity index is 4.19. The summed E-state index contributed by atoms with van der Waals surface area (Å²) >= 11 is -3.97. The van der Waals surface area contributed by atoms with Crippen LogP contribution in [0.3, 0.4) is 0 Å². The number of rotatable bonds is 6. The summed E-state index contributed by atoms with van der Waals surface area (Å²) in [4.78, 5) is 11.6. The van der Waals surface area contributed by atoms with Gasteiger partial charge < -0.3 is 5.32 Å². The number of amides is 1. The van der Waals surface area contributed by atoms with Gasteiger partial charge in [-0.25, -0.2) is 0 Å². The number of hydrogen-bond donors (Lipinski definition) is 4. The zero-order valence-corrected chi connectivity index (χ0v) is 10.9. The Morgan fingerprint density at radius 1 is 1.44 bits per heavy atom. The van der Waals surface area contributed by atoms with E-state index in [1.807, 2.05) is 6.92 Å². The Kier molecular flexibility index (Phi) is 5.71. The predicted octanol–water partition coefficient (Wildman–Crippen LogP) is 2.08. The first-order valence-corrected chi connectivity index (χ1v) is 6.47. The number of carbonyl (C=O) groups excluding carboxylic acids is 1. The maximum absolute atomic E-state index is 11.6. The lowest BCUT2D eigenvalue weighted by molar-refractivity contribution is -0.126. The van der Waals surface area contributed by atoms with Crippen molar-refractivity contribution in [3.63, 3.8) is 0 Å². The van der Waals surface area contributed by atoms with Gasteiger partial charge in [-0.2, -0.15) is 0 Å². The van der Waals surface area contributed by atoms with E-state index in [1.165, 1.54) is 0 Å². The molecule has 6 nitrogen and oxygen atoms in total. The van der Waals surface area contributed by atoms with Gasteiger partial charge in [0.25, 0.3) is 0 Å². The van der Waals surface area contributed by atoms with Crippen molar-refractivity contribution in [2.75, 3.05) is 6.61 Å². The van der Waals surface area contributed by atoms with Crippen LogP contribution in [0.15, 0.2) is 0 Å². The van der Waals surface area contributed by atoms with Crippen molar-refractivity contribution in [2.24, 2.45) is 5.92 Å². The number of nitrogens with one attached hydrogen (secondary N) is 1. The van der Waals surface area contributed by atoms with E-state index in [-0.39, 0.29) is 18.4 Å². The van der Waals surface area contributed by atoms with Gasteiger partial charge in [-0.1, -0.05) is 13.8 Å². The Bertz CT molecular complexity index is 239. The first-order valence-electron chi connectivity index (χ1n) is 5.04. The summed E-state index contributed by atoms with van der Waals surface area (Å²) in [6, 6.07) is 0. The lowest BCUT2D eigenvalue weighted by atomic mass is 10.0. The minimum atomic E-state index is -3.97. The van der Waals surface area contributed by atoms with Crippen molar-refractivity contribution in [3.8, 4) is 0 Å². The molecule has 4 N–H and O–H groups in total. The molecule has 0 radical (unpaired) electrons. The van der Waals surface area contributed by atoms with Gasteiger partial charge in [0.05, 0.1) is 12.1 Å². The zero-order chi connectivity index (χ0) is 13.0. The first-order chi connectivity index (χ1) is 7.07. The largest absolute Gasteiger partial charge is 0.349 e. The fourth-order valence-corrected chi connectivity index (χ4v) is 1.36. The average molecular weight is 255 g/mol. The minimum Gasteiger partial charge on any atom is -0.349 e. The van der Waals surface area contributed by atoms with Crippen molar-refractivity contribution >= 4 is 17.1 Å². The molecule has 0 aliphatic heterocycles. The monoisotopic (exact) mass is 255 g/mol. The SMILES string of the molecule is CCC(C)C(=O)NC(C)(C)COS(O)(O)O. The Labute approximate surface area is 97.8 Å². The Hall–Kier alpha value is -0.340. The number of hydrogen-bond acceptors (Lipinski definition) is 5. The molecule has 0 aliphatic carbocycles. The van der Waals surface area contributed by atoms with Crippen LogP contribution < -0.4 is 5.32 Å². The average Bonchev–Trinajstić information content (AvgIpc) is 2.12. The number of carbonyl (C=O) groups is 1. The summed E-state index contributed by atoms with van der Waals surface area (Å²) in [6.45, 7) is 6.84. The molecule has 0 aromatic rings. The highest BCUT2D eigenvalue weighted by atomic mass is 32.3. The smallest absolute Gasteiger partial charge is 0.223 e. The summed E-state index contributed by atoms with van der Waals surface area (Å²) in [5.41, 5.74) is -0.771. The molecular weight excluding hydrogens is 234 g/mol. The first kappa shape index (κ1) is 15.7. The molecule has 0 fully saturated rings. The summed E-state index contributed by atoms with van der Waals surface area (Å²) in [6.07, 6.45) is 0.720. The lowest BCUT2D eigenvalue weighted by Gasteiger charge is -2.30. The quantitative estimate of drug-likeness (QED) is 0.582. The zero-order valence-electron chi connectivity index (χ0n) is 10.1. The maximum atomic E-state index is 11.6. The van der Waals surface area contributed by atoms with Gasteiger partial charge in [-0.15, -0.1) is 0 Å². The molecule has 0 heterocycles. The van der Waals surface area contributed by atoms with E-state index in [1.54, 1.807) is 20.8 Å². The van der Waals surface area contributed by atoms with Gasteiger partial charge in [-0.3, -0.25) is 22.6 Å². The molecule has 0 aromatic carbocycles. The van der Waals surface area contributed by atoms with Gasteiger partial charge in [0.1, 0.15) is 0 Å². The van der Waals surface area contributed by atoms with E-state index in [2.05, 4.69) is 9.50 Å². The Morgan fingerprint density at radius 2 is 1.94 bits per heavy atom. The van der Waals surface area contributed by atoms with Crippen LogP contribution in [0.4, 0.5) is 0 Å². The topological polar surface area (TPSA) is 99.0 Å². The molecule has 98 valence electrons. The molecule has 0 bridgehead atoms. The molecule has 1 amide bonds. The molecule has 0 aromatic heterocycles. The maximum Gasteiger partial charge on any atom is 0.223 e. The molecule has 1 atom stereocenters. The molecule has 7 heteroatoms. The lowest BCUT2D eigenvalue weighted by Crippen LogP contribution is -2.48. The second kappa shape index (κ2) is 5.83. The molecule has 0 aliphatic rings. The fourth-order valence-electron chi connectivity index (χ4n) is 0.905. The van der Waals surface area contributed by atoms with Crippen LogP contribution in [0, 0.1) is 5.92 Å². The summed E-state index contributed by atoms with van der Waals surface area (Å²) in [5.74, 6) is -0.251. The van der Waals surface area contributed by atoms with Gasteiger partial charge in [0, 0.05) is 5.92 Å². The van der Waals surface area contributed by atoms with Crippen LogP contribution in [-0.2, 0) is 8.98 Å². The van der Waals surface area contributed by atoms with Crippen LogP contribution in [-0.4, -0.2) is 31.7 Å². The molecule has 0 saturated heterocycles. The molecule has 1 unspecified atom stereocenters. The fraction of sp³-hybridized carbons (Fsp3) is 0.889. The van der Waals surface area contributed by atoms with E-state index in [9.17, 15) is 4.79 Å². The van der Waals surface area contributed by atoms with Crippen molar-refractivity contribution in [2.45, 2.75) is 39.7 Å². The molecule has 0 rings (SSSR count). The van der Waals surface area contributed by atoms with E-state index >= 15 is 0 Å². The van der Waals surface area contributed by atoms with Crippen LogP contribution in [0.2, 0.25) is 0 Å². The van der Waals surface area contributed by atoms with E-state index in [4.69, 9.17) is 13.7 Å². The highest BCUT2D eigenvalue weighted by molar-refractivity contribution is 8.15.